The van der Waals surface area contributed by atoms with Crippen molar-refractivity contribution >= 4 is 5.69 Å². The number of rotatable bonds is 2. The highest BCUT2D eigenvalue weighted by Gasteiger charge is 2.84. The summed E-state index contributed by atoms with van der Waals surface area (Å²) in [6.07, 6.45) is -20.3. The average Bonchev–Trinajstić information content (AvgIpc) is 2.20. The van der Waals surface area contributed by atoms with Gasteiger partial charge in [-0.25, -0.2) is 4.39 Å². The molecule has 1 nitrogen and oxygen atoms in total. The third-order valence-corrected chi connectivity index (χ3v) is 2.43. The number of alkyl halides is 9. The topological polar surface area (TPSA) is 12.0 Å². The van der Waals surface area contributed by atoms with Crippen molar-refractivity contribution in [2.24, 2.45) is 0 Å². The quantitative estimate of drug-likeness (QED) is 0.778. The van der Waals surface area contributed by atoms with E-state index < -0.39 is 35.6 Å². The summed E-state index contributed by atoms with van der Waals surface area (Å²) in [6.45, 7) is 0. The minimum atomic E-state index is -6.75. The van der Waals surface area contributed by atoms with E-state index in [0.717, 1.165) is 0 Å². The molecule has 0 aliphatic heterocycles. The fourth-order valence-electron chi connectivity index (χ4n) is 1.48. The first kappa shape index (κ1) is 17.4. The summed E-state index contributed by atoms with van der Waals surface area (Å²) in [5, 5.41) is 0.338. The van der Waals surface area contributed by atoms with Crippen LogP contribution in [0.4, 0.5) is 49.6 Å². The molecule has 1 aromatic carbocycles. The van der Waals surface area contributed by atoms with Crippen LogP contribution in [-0.2, 0) is 0 Å². The molecular formula is C10H5F10N. The fourth-order valence-corrected chi connectivity index (χ4v) is 1.48. The van der Waals surface area contributed by atoms with Crippen molar-refractivity contribution in [1.29, 1.82) is 0 Å². The van der Waals surface area contributed by atoms with Crippen LogP contribution in [0.15, 0.2) is 24.3 Å². The van der Waals surface area contributed by atoms with Gasteiger partial charge in [0.15, 0.2) is 0 Å². The first-order valence-electron chi connectivity index (χ1n) is 4.96. The van der Waals surface area contributed by atoms with Gasteiger partial charge in [-0.15, -0.1) is 0 Å². The zero-order chi connectivity index (χ0) is 16.7. The maximum atomic E-state index is 12.7. The van der Waals surface area contributed by atoms with E-state index in [0.29, 0.717) is 23.5 Å². The minimum absolute atomic E-state index is 0.0813. The lowest BCUT2D eigenvalue weighted by Gasteiger charge is -2.39. The second-order valence-electron chi connectivity index (χ2n) is 3.88. The summed E-state index contributed by atoms with van der Waals surface area (Å²) in [7, 11) is 0. The Bertz CT molecular complexity index is 462. The van der Waals surface area contributed by atoms with Crippen LogP contribution in [0.25, 0.3) is 0 Å². The van der Waals surface area contributed by atoms with Crippen molar-refractivity contribution in [2.45, 2.75) is 24.1 Å². The lowest BCUT2D eigenvalue weighted by Crippen LogP contribution is -2.70. The largest absolute Gasteiger partial charge is 0.429 e. The molecular weight excluding hydrogens is 324 g/mol. The van der Waals surface area contributed by atoms with Crippen LogP contribution >= 0.6 is 0 Å². The molecule has 0 heterocycles. The third-order valence-electron chi connectivity index (χ3n) is 2.43. The Labute approximate surface area is 110 Å². The van der Waals surface area contributed by atoms with Gasteiger partial charge in [-0.3, -0.25) is 0 Å². The van der Waals surface area contributed by atoms with Crippen LogP contribution in [0, 0.1) is 5.82 Å². The monoisotopic (exact) mass is 329 g/mol. The molecule has 0 bridgehead atoms. The van der Waals surface area contributed by atoms with Crippen LogP contribution in [-0.4, -0.2) is 24.1 Å². The second kappa shape index (κ2) is 4.95. The Morgan fingerprint density at radius 3 is 1.48 bits per heavy atom. The first-order chi connectivity index (χ1) is 9.22. The van der Waals surface area contributed by atoms with Gasteiger partial charge in [-0.2, -0.15) is 39.5 Å². The molecule has 21 heavy (non-hydrogen) atoms. The third kappa shape index (κ3) is 3.00. The van der Waals surface area contributed by atoms with Gasteiger partial charge in [0, 0.05) is 5.69 Å². The average molecular weight is 329 g/mol. The fraction of sp³-hybridized carbons (Fsp3) is 0.400. The molecule has 0 aliphatic rings. The molecule has 0 unspecified atom stereocenters. The van der Waals surface area contributed by atoms with Gasteiger partial charge in [-0.05, 0) is 18.2 Å². The molecule has 1 rings (SSSR count). The highest BCUT2D eigenvalue weighted by Crippen LogP contribution is 2.54. The normalized spacial score (nSPS) is 14.2. The van der Waals surface area contributed by atoms with Gasteiger partial charge in [-0.1, -0.05) is 6.07 Å². The lowest BCUT2D eigenvalue weighted by atomic mass is 9.96. The van der Waals surface area contributed by atoms with Crippen LogP contribution in [0.3, 0.4) is 0 Å². The molecule has 0 radical (unpaired) electrons. The Hall–Kier alpha value is -1.68. The summed E-state index contributed by atoms with van der Waals surface area (Å²) in [6, 6.07) is 1.83. The van der Waals surface area contributed by atoms with Gasteiger partial charge in [0.1, 0.15) is 5.82 Å². The van der Waals surface area contributed by atoms with E-state index in [4.69, 9.17) is 0 Å². The van der Waals surface area contributed by atoms with Crippen molar-refractivity contribution in [3.63, 3.8) is 0 Å². The number of benzene rings is 1. The van der Waals surface area contributed by atoms with E-state index in [-0.39, 0.29) is 6.07 Å². The maximum absolute atomic E-state index is 12.7. The zero-order valence-corrected chi connectivity index (χ0v) is 9.59. The standard InChI is InChI=1S/C10H5F10N/c11-5-2-1-3-6(4-5)21-7(8(12,13)14,9(15,16)17)10(18,19)20/h1-4,21H. The molecule has 0 spiro atoms. The highest BCUT2D eigenvalue weighted by atomic mass is 19.4. The van der Waals surface area contributed by atoms with Gasteiger partial charge in [0.2, 0.25) is 0 Å². The second-order valence-corrected chi connectivity index (χ2v) is 3.88. The number of anilines is 1. The molecule has 0 fully saturated rings. The molecule has 0 aliphatic carbocycles. The van der Waals surface area contributed by atoms with Gasteiger partial charge in [0.05, 0.1) is 0 Å². The predicted octanol–water partition coefficient (Wildman–Crippen LogP) is 4.66. The van der Waals surface area contributed by atoms with Crippen molar-refractivity contribution < 1.29 is 43.9 Å². The summed E-state index contributed by atoms with van der Waals surface area (Å²) in [5.74, 6) is -1.31. The van der Waals surface area contributed by atoms with E-state index in [2.05, 4.69) is 0 Å². The minimum Gasteiger partial charge on any atom is -0.356 e. The first-order valence-corrected chi connectivity index (χ1v) is 4.96. The van der Waals surface area contributed by atoms with E-state index in [1.807, 2.05) is 0 Å². The SMILES string of the molecule is Fc1cccc(NC(C(F)(F)F)(C(F)(F)F)C(F)(F)F)c1. The van der Waals surface area contributed by atoms with Gasteiger partial charge >= 0.3 is 24.1 Å². The number of hydrogen-bond acceptors (Lipinski definition) is 1. The molecule has 11 heteroatoms. The summed E-state index contributed by atoms with van der Waals surface area (Å²) >= 11 is 0. The van der Waals surface area contributed by atoms with E-state index >= 15 is 0 Å². The smallest absolute Gasteiger partial charge is 0.356 e. The van der Waals surface area contributed by atoms with Gasteiger partial charge < -0.3 is 5.32 Å². The molecule has 120 valence electrons. The van der Waals surface area contributed by atoms with Crippen molar-refractivity contribution in [1.82, 2.24) is 0 Å². The highest BCUT2D eigenvalue weighted by molar-refractivity contribution is 5.48. The van der Waals surface area contributed by atoms with Crippen LogP contribution in [0.2, 0.25) is 0 Å². The van der Waals surface area contributed by atoms with E-state index in [1.54, 1.807) is 0 Å². The van der Waals surface area contributed by atoms with Crippen LogP contribution < -0.4 is 5.32 Å². The molecule has 0 aromatic heterocycles. The Morgan fingerprint density at radius 2 is 1.14 bits per heavy atom. The summed E-state index contributed by atoms with van der Waals surface area (Å²) in [4.78, 5) is 0. The number of halogens is 10. The van der Waals surface area contributed by atoms with Gasteiger partial charge in [0.25, 0.3) is 0 Å². The summed E-state index contributed by atoms with van der Waals surface area (Å²) < 4.78 is 126. The molecule has 0 saturated heterocycles. The summed E-state index contributed by atoms with van der Waals surface area (Å²) in [5.41, 5.74) is -7.53. The molecule has 0 atom stereocenters. The Morgan fingerprint density at radius 1 is 0.714 bits per heavy atom. The van der Waals surface area contributed by atoms with Crippen molar-refractivity contribution in [3.05, 3.63) is 30.1 Å². The molecule has 0 amide bonds. The predicted molar refractivity (Wildman–Crippen MR) is 50.9 cm³/mol. The zero-order valence-electron chi connectivity index (χ0n) is 9.59. The number of hydrogen-bond donors (Lipinski definition) is 1. The van der Waals surface area contributed by atoms with Crippen molar-refractivity contribution in [3.8, 4) is 0 Å². The van der Waals surface area contributed by atoms with Crippen molar-refractivity contribution in [2.75, 3.05) is 5.32 Å². The van der Waals surface area contributed by atoms with E-state index in [9.17, 15) is 43.9 Å². The molecule has 0 saturated carbocycles. The Kier molecular flexibility index (Phi) is 4.09. The molecule has 1 aromatic rings. The molecule has 1 N–H and O–H groups in total. The van der Waals surface area contributed by atoms with Crippen LogP contribution in [0.5, 0.6) is 0 Å². The lowest BCUT2D eigenvalue weighted by molar-refractivity contribution is -0.370. The van der Waals surface area contributed by atoms with E-state index in [1.165, 1.54) is 0 Å². The Balaban J connectivity index is 3.52. The van der Waals surface area contributed by atoms with Crippen LogP contribution in [0.1, 0.15) is 0 Å². The maximum Gasteiger partial charge on any atom is 0.429 e. The number of nitrogens with one attached hydrogen (secondary N) is 1.